The average Bonchev–Trinajstić information content (AvgIpc) is 2.90. The predicted molar refractivity (Wildman–Crippen MR) is 156 cm³/mol. The minimum absolute atomic E-state index is 0.0555. The maximum absolute atomic E-state index is 14.0. The van der Waals surface area contributed by atoms with E-state index in [1.807, 2.05) is 45.0 Å². The number of aryl methyl sites for hydroxylation is 2. The summed E-state index contributed by atoms with van der Waals surface area (Å²) in [5.74, 6) is -0.803. The number of carbonyl (C=O) groups is 2. The number of hydrogen-bond donors (Lipinski definition) is 1. The summed E-state index contributed by atoms with van der Waals surface area (Å²) in [6, 6.07) is 19.6. The van der Waals surface area contributed by atoms with Gasteiger partial charge < -0.3 is 10.2 Å². The van der Waals surface area contributed by atoms with Gasteiger partial charge in [-0.3, -0.25) is 13.9 Å². The molecule has 3 aromatic carbocycles. The van der Waals surface area contributed by atoms with E-state index in [2.05, 4.69) is 5.32 Å². The van der Waals surface area contributed by atoms with Crippen molar-refractivity contribution in [1.29, 1.82) is 0 Å². The lowest BCUT2D eigenvalue weighted by Gasteiger charge is -2.33. The fourth-order valence-electron chi connectivity index (χ4n) is 4.19. The van der Waals surface area contributed by atoms with Crippen molar-refractivity contribution in [2.24, 2.45) is 0 Å². The number of nitrogens with zero attached hydrogens (tertiary/aromatic N) is 2. The number of anilines is 1. The Balaban J connectivity index is 2.05. The van der Waals surface area contributed by atoms with E-state index in [1.54, 1.807) is 50.2 Å². The zero-order valence-corrected chi connectivity index (χ0v) is 24.6. The molecule has 2 atom stereocenters. The Hall–Kier alpha value is -3.36. The summed E-state index contributed by atoms with van der Waals surface area (Å²) in [4.78, 5) is 28.6. The standard InChI is InChI=1S/C30H36ClN3O4S/c1-6-23(4)32-30(36)24(5)33(19-25-12-10-11-21(2)17-25)29(35)20-34(28-16-15-26(31)18-22(28)3)39(37,38)27-13-8-7-9-14-27/h7-18,23-24H,6,19-20H2,1-5H3,(H,32,36)/t23-,24-/m1/s1. The van der Waals surface area contributed by atoms with Crippen molar-refractivity contribution >= 4 is 39.1 Å². The van der Waals surface area contributed by atoms with Gasteiger partial charge in [0.05, 0.1) is 10.6 Å². The van der Waals surface area contributed by atoms with Crippen LogP contribution in [0.25, 0.3) is 0 Å². The van der Waals surface area contributed by atoms with Crippen molar-refractivity contribution in [2.45, 2.75) is 64.6 Å². The van der Waals surface area contributed by atoms with Crippen LogP contribution in [0.1, 0.15) is 43.9 Å². The Morgan fingerprint density at radius 3 is 2.26 bits per heavy atom. The average molecular weight is 570 g/mol. The number of rotatable bonds is 11. The normalized spacial score (nSPS) is 12.9. The minimum Gasteiger partial charge on any atom is -0.352 e. The van der Waals surface area contributed by atoms with Gasteiger partial charge in [0.1, 0.15) is 12.6 Å². The molecule has 0 radical (unpaired) electrons. The van der Waals surface area contributed by atoms with Gasteiger partial charge in [0.2, 0.25) is 11.8 Å². The largest absolute Gasteiger partial charge is 0.352 e. The second-order valence-corrected chi connectivity index (χ2v) is 12.1. The second-order valence-electron chi connectivity index (χ2n) is 9.76. The third kappa shape index (κ3) is 7.61. The molecule has 0 aliphatic carbocycles. The predicted octanol–water partition coefficient (Wildman–Crippen LogP) is 5.48. The summed E-state index contributed by atoms with van der Waals surface area (Å²) in [6.07, 6.45) is 0.739. The number of sulfonamides is 1. The van der Waals surface area contributed by atoms with E-state index in [-0.39, 0.29) is 23.4 Å². The third-order valence-corrected chi connectivity index (χ3v) is 8.65. The van der Waals surface area contributed by atoms with Crippen LogP contribution in [0.2, 0.25) is 5.02 Å². The molecular formula is C30H36ClN3O4S. The highest BCUT2D eigenvalue weighted by molar-refractivity contribution is 7.92. The zero-order chi connectivity index (χ0) is 28.7. The topological polar surface area (TPSA) is 86.8 Å². The summed E-state index contributed by atoms with van der Waals surface area (Å²) >= 11 is 6.15. The van der Waals surface area contributed by atoms with Crippen LogP contribution in [0.15, 0.2) is 77.7 Å². The van der Waals surface area contributed by atoms with E-state index in [4.69, 9.17) is 11.6 Å². The van der Waals surface area contributed by atoms with Crippen LogP contribution in [0.5, 0.6) is 0 Å². The molecule has 0 fully saturated rings. The van der Waals surface area contributed by atoms with Crippen LogP contribution in [-0.2, 0) is 26.2 Å². The Labute approximate surface area is 236 Å². The number of carbonyl (C=O) groups excluding carboxylic acids is 2. The number of nitrogens with one attached hydrogen (secondary N) is 1. The van der Waals surface area contributed by atoms with Gasteiger partial charge in [-0.25, -0.2) is 8.42 Å². The van der Waals surface area contributed by atoms with Crippen LogP contribution >= 0.6 is 11.6 Å². The summed E-state index contributed by atoms with van der Waals surface area (Å²) in [6.45, 7) is 8.87. The molecule has 3 aromatic rings. The fraction of sp³-hybridized carbons (Fsp3) is 0.333. The molecule has 1 N–H and O–H groups in total. The Kier molecular flexibility index (Phi) is 10.2. The van der Waals surface area contributed by atoms with Gasteiger partial charge in [-0.05, 0) is 75.6 Å². The molecule has 0 saturated heterocycles. The highest BCUT2D eigenvalue weighted by Crippen LogP contribution is 2.29. The van der Waals surface area contributed by atoms with Gasteiger partial charge in [0.15, 0.2) is 0 Å². The van der Waals surface area contributed by atoms with Gasteiger partial charge >= 0.3 is 0 Å². The lowest BCUT2D eigenvalue weighted by atomic mass is 10.1. The molecule has 7 nitrogen and oxygen atoms in total. The smallest absolute Gasteiger partial charge is 0.264 e. The van der Waals surface area contributed by atoms with Crippen molar-refractivity contribution < 1.29 is 18.0 Å². The zero-order valence-electron chi connectivity index (χ0n) is 23.0. The van der Waals surface area contributed by atoms with Crippen molar-refractivity contribution in [2.75, 3.05) is 10.8 Å². The Morgan fingerprint density at radius 2 is 1.64 bits per heavy atom. The highest BCUT2D eigenvalue weighted by atomic mass is 35.5. The first-order valence-corrected chi connectivity index (χ1v) is 14.7. The molecule has 9 heteroatoms. The molecule has 2 amide bonds. The lowest BCUT2D eigenvalue weighted by Crippen LogP contribution is -2.52. The highest BCUT2D eigenvalue weighted by Gasteiger charge is 2.33. The van der Waals surface area contributed by atoms with Crippen LogP contribution in [0.3, 0.4) is 0 Å². The van der Waals surface area contributed by atoms with Crippen LogP contribution < -0.4 is 9.62 Å². The molecule has 0 aliphatic heterocycles. The maximum atomic E-state index is 14.0. The van der Waals surface area contributed by atoms with Crippen LogP contribution in [0.4, 0.5) is 5.69 Å². The van der Waals surface area contributed by atoms with Crippen molar-refractivity contribution in [3.63, 3.8) is 0 Å². The van der Waals surface area contributed by atoms with Gasteiger partial charge in [0.25, 0.3) is 10.0 Å². The van der Waals surface area contributed by atoms with Crippen LogP contribution in [0, 0.1) is 13.8 Å². The molecule has 0 saturated carbocycles. The number of benzene rings is 3. The molecule has 39 heavy (non-hydrogen) atoms. The number of amides is 2. The first-order valence-electron chi connectivity index (χ1n) is 12.9. The lowest BCUT2D eigenvalue weighted by molar-refractivity contribution is -0.139. The first-order chi connectivity index (χ1) is 18.4. The Bertz CT molecular complexity index is 1410. The molecule has 0 spiro atoms. The van der Waals surface area contributed by atoms with Crippen molar-refractivity contribution in [3.05, 3.63) is 94.5 Å². The molecule has 0 bridgehead atoms. The van der Waals surface area contributed by atoms with Gasteiger partial charge in [-0.1, -0.05) is 66.6 Å². The van der Waals surface area contributed by atoms with Gasteiger partial charge in [0, 0.05) is 17.6 Å². The minimum atomic E-state index is -4.12. The maximum Gasteiger partial charge on any atom is 0.264 e. The summed E-state index contributed by atoms with van der Waals surface area (Å²) in [5.41, 5.74) is 2.79. The van der Waals surface area contributed by atoms with E-state index in [0.29, 0.717) is 16.3 Å². The molecule has 208 valence electrons. The number of halogens is 1. The summed E-state index contributed by atoms with van der Waals surface area (Å²) in [7, 11) is -4.12. The third-order valence-electron chi connectivity index (χ3n) is 6.64. The van der Waals surface area contributed by atoms with E-state index in [1.165, 1.54) is 17.0 Å². The molecule has 0 aromatic heterocycles. The van der Waals surface area contributed by atoms with E-state index in [9.17, 15) is 18.0 Å². The Morgan fingerprint density at radius 1 is 0.949 bits per heavy atom. The molecule has 0 unspecified atom stereocenters. The van der Waals surface area contributed by atoms with E-state index in [0.717, 1.165) is 21.9 Å². The van der Waals surface area contributed by atoms with E-state index < -0.39 is 28.5 Å². The molecule has 0 aliphatic rings. The number of hydrogen-bond acceptors (Lipinski definition) is 4. The quantitative estimate of drug-likeness (QED) is 0.331. The first kappa shape index (κ1) is 30.2. The van der Waals surface area contributed by atoms with Crippen LogP contribution in [-0.4, -0.2) is 43.8 Å². The monoisotopic (exact) mass is 569 g/mol. The molecule has 3 rings (SSSR count). The fourth-order valence-corrected chi connectivity index (χ4v) is 5.91. The van der Waals surface area contributed by atoms with Gasteiger partial charge in [-0.15, -0.1) is 0 Å². The summed E-state index contributed by atoms with van der Waals surface area (Å²) < 4.78 is 28.8. The summed E-state index contributed by atoms with van der Waals surface area (Å²) in [5, 5.41) is 3.39. The van der Waals surface area contributed by atoms with E-state index >= 15 is 0 Å². The SMILES string of the molecule is CC[C@@H](C)NC(=O)[C@@H](C)N(Cc1cccc(C)c1)C(=O)CN(c1ccc(Cl)cc1C)S(=O)(=O)c1ccccc1. The van der Waals surface area contributed by atoms with Crippen molar-refractivity contribution in [1.82, 2.24) is 10.2 Å². The van der Waals surface area contributed by atoms with Crippen molar-refractivity contribution in [3.8, 4) is 0 Å². The second kappa shape index (κ2) is 13.1. The molecule has 0 heterocycles. The molecular weight excluding hydrogens is 534 g/mol. The van der Waals surface area contributed by atoms with Gasteiger partial charge in [-0.2, -0.15) is 0 Å².